The fourth-order valence-corrected chi connectivity index (χ4v) is 2.59. The summed E-state index contributed by atoms with van der Waals surface area (Å²) in [6, 6.07) is 17.5. The van der Waals surface area contributed by atoms with E-state index in [1.165, 1.54) is 11.9 Å². The van der Waals surface area contributed by atoms with Crippen molar-refractivity contribution in [3.8, 4) is 11.3 Å². The van der Waals surface area contributed by atoms with Crippen LogP contribution in [0.1, 0.15) is 21.9 Å². The lowest BCUT2D eigenvalue weighted by molar-refractivity contribution is -0.144. The van der Waals surface area contributed by atoms with Gasteiger partial charge in [0.15, 0.2) is 0 Å². The topological polar surface area (TPSA) is 49.0 Å². The van der Waals surface area contributed by atoms with Gasteiger partial charge in [0.1, 0.15) is 11.4 Å². The minimum Gasteiger partial charge on any atom is -0.336 e. The van der Waals surface area contributed by atoms with Crippen molar-refractivity contribution in [3.63, 3.8) is 0 Å². The second-order valence-electron chi connectivity index (χ2n) is 5.82. The van der Waals surface area contributed by atoms with Crippen LogP contribution in [-0.4, -0.2) is 27.8 Å². The van der Waals surface area contributed by atoms with E-state index >= 15 is 0 Å². The van der Waals surface area contributed by atoms with Crippen molar-refractivity contribution in [1.29, 1.82) is 0 Å². The molecule has 3 aromatic rings. The summed E-state index contributed by atoms with van der Waals surface area (Å²) in [5.74, 6) is -1.75. The number of H-pyrrole nitrogens is 1. The van der Waals surface area contributed by atoms with Crippen LogP contribution in [0.4, 0.5) is 13.2 Å². The predicted octanol–water partition coefficient (Wildman–Crippen LogP) is 4.37. The highest BCUT2D eigenvalue weighted by Gasteiger charge is 2.37. The van der Waals surface area contributed by atoms with Crippen LogP contribution < -0.4 is 0 Å². The molecular weight excluding hydrogens is 343 g/mol. The quantitative estimate of drug-likeness (QED) is 0.752. The molecule has 0 bridgehead atoms. The van der Waals surface area contributed by atoms with Crippen molar-refractivity contribution >= 4 is 5.91 Å². The van der Waals surface area contributed by atoms with Crippen molar-refractivity contribution in [2.75, 3.05) is 7.05 Å². The largest absolute Gasteiger partial charge is 0.449 e. The van der Waals surface area contributed by atoms with Gasteiger partial charge in [-0.25, -0.2) is 4.98 Å². The summed E-state index contributed by atoms with van der Waals surface area (Å²) in [5, 5.41) is 0. The van der Waals surface area contributed by atoms with Crippen molar-refractivity contribution in [3.05, 3.63) is 77.7 Å². The number of benzene rings is 2. The van der Waals surface area contributed by atoms with Gasteiger partial charge in [0.05, 0.1) is 0 Å². The summed E-state index contributed by atoms with van der Waals surface area (Å²) < 4.78 is 39.3. The van der Waals surface area contributed by atoms with E-state index in [1.54, 1.807) is 30.3 Å². The SMILES string of the molecule is CN(Cc1ccccc1)C(=O)c1[nH]c(C(F)(F)F)nc1-c1ccccc1. The standard InChI is InChI=1S/C19H16F3N3O/c1-25(12-13-8-4-2-5-9-13)17(26)16-15(14-10-6-3-7-11-14)23-18(24-16)19(20,21)22/h2-11H,12H2,1H3,(H,23,24). The van der Waals surface area contributed by atoms with Gasteiger partial charge in [-0.3, -0.25) is 4.79 Å². The van der Waals surface area contributed by atoms with Gasteiger partial charge in [0.2, 0.25) is 5.82 Å². The molecule has 2 aromatic carbocycles. The van der Waals surface area contributed by atoms with Crippen LogP contribution in [0.2, 0.25) is 0 Å². The van der Waals surface area contributed by atoms with Gasteiger partial charge in [-0.05, 0) is 5.56 Å². The molecular formula is C19H16F3N3O. The minimum absolute atomic E-state index is 0.0113. The van der Waals surface area contributed by atoms with Gasteiger partial charge in [0.25, 0.3) is 5.91 Å². The highest BCUT2D eigenvalue weighted by Crippen LogP contribution is 2.31. The van der Waals surface area contributed by atoms with Crippen molar-refractivity contribution in [2.45, 2.75) is 12.7 Å². The highest BCUT2D eigenvalue weighted by molar-refractivity contribution is 5.98. The first-order valence-corrected chi connectivity index (χ1v) is 7.88. The van der Waals surface area contributed by atoms with Crippen molar-refractivity contribution in [2.24, 2.45) is 0 Å². The van der Waals surface area contributed by atoms with Gasteiger partial charge in [0, 0.05) is 19.2 Å². The van der Waals surface area contributed by atoms with Gasteiger partial charge < -0.3 is 9.88 Å². The van der Waals surface area contributed by atoms with E-state index in [-0.39, 0.29) is 17.9 Å². The Morgan fingerprint density at radius 3 is 2.19 bits per heavy atom. The summed E-state index contributed by atoms with van der Waals surface area (Å²) in [7, 11) is 1.54. The summed E-state index contributed by atoms with van der Waals surface area (Å²) in [5.41, 5.74) is 1.13. The molecule has 0 unspecified atom stereocenters. The number of nitrogens with one attached hydrogen (secondary N) is 1. The molecule has 1 N–H and O–H groups in total. The normalized spacial score (nSPS) is 11.4. The minimum atomic E-state index is -4.67. The third-order valence-corrected chi connectivity index (χ3v) is 3.84. The number of carbonyl (C=O) groups excluding carboxylic acids is 1. The zero-order chi connectivity index (χ0) is 18.7. The van der Waals surface area contributed by atoms with E-state index in [1.807, 2.05) is 30.3 Å². The maximum Gasteiger partial charge on any atom is 0.449 e. The van der Waals surface area contributed by atoms with E-state index in [0.29, 0.717) is 5.56 Å². The number of hydrogen-bond acceptors (Lipinski definition) is 2. The zero-order valence-electron chi connectivity index (χ0n) is 13.9. The van der Waals surface area contributed by atoms with Gasteiger partial charge >= 0.3 is 6.18 Å². The molecule has 0 fully saturated rings. The van der Waals surface area contributed by atoms with Crippen LogP contribution >= 0.6 is 0 Å². The number of amides is 1. The molecule has 7 heteroatoms. The predicted molar refractivity (Wildman–Crippen MR) is 91.3 cm³/mol. The Morgan fingerprint density at radius 1 is 1.04 bits per heavy atom. The Bertz CT molecular complexity index is 889. The molecule has 1 heterocycles. The summed E-state index contributed by atoms with van der Waals surface area (Å²) >= 11 is 0. The van der Waals surface area contributed by atoms with E-state index < -0.39 is 17.9 Å². The monoisotopic (exact) mass is 359 g/mol. The number of rotatable bonds is 4. The molecule has 134 valence electrons. The van der Waals surface area contributed by atoms with Crippen molar-refractivity contribution < 1.29 is 18.0 Å². The molecule has 0 saturated carbocycles. The maximum absolute atomic E-state index is 13.1. The van der Waals surface area contributed by atoms with Crippen molar-refractivity contribution in [1.82, 2.24) is 14.9 Å². The van der Waals surface area contributed by atoms with E-state index in [4.69, 9.17) is 0 Å². The number of alkyl halides is 3. The highest BCUT2D eigenvalue weighted by atomic mass is 19.4. The van der Waals surface area contributed by atoms with Crippen LogP contribution in [0.3, 0.4) is 0 Å². The van der Waals surface area contributed by atoms with Gasteiger partial charge in [-0.15, -0.1) is 0 Å². The number of imidazole rings is 1. The third-order valence-electron chi connectivity index (χ3n) is 3.84. The zero-order valence-corrected chi connectivity index (χ0v) is 13.9. The molecule has 0 spiro atoms. The summed E-state index contributed by atoms with van der Waals surface area (Å²) in [6.45, 7) is 0.272. The molecule has 4 nitrogen and oxygen atoms in total. The first kappa shape index (κ1) is 17.7. The fourth-order valence-electron chi connectivity index (χ4n) is 2.59. The molecule has 26 heavy (non-hydrogen) atoms. The number of aromatic nitrogens is 2. The van der Waals surface area contributed by atoms with Crippen LogP contribution in [-0.2, 0) is 12.7 Å². The second kappa shape index (κ2) is 7.03. The number of aromatic amines is 1. The lowest BCUT2D eigenvalue weighted by Crippen LogP contribution is -2.27. The first-order chi connectivity index (χ1) is 12.4. The summed E-state index contributed by atoms with van der Waals surface area (Å²) in [6.07, 6.45) is -4.67. The average molecular weight is 359 g/mol. The molecule has 0 saturated heterocycles. The first-order valence-electron chi connectivity index (χ1n) is 7.88. The van der Waals surface area contributed by atoms with Gasteiger partial charge in [-0.1, -0.05) is 60.7 Å². The number of hydrogen-bond donors (Lipinski definition) is 1. The summed E-state index contributed by atoms with van der Waals surface area (Å²) in [4.78, 5) is 19.9. The molecule has 1 amide bonds. The second-order valence-corrected chi connectivity index (χ2v) is 5.82. The fraction of sp³-hybridized carbons (Fsp3) is 0.158. The van der Waals surface area contributed by atoms with E-state index in [2.05, 4.69) is 9.97 Å². The van der Waals surface area contributed by atoms with E-state index in [9.17, 15) is 18.0 Å². The molecule has 3 rings (SSSR count). The molecule has 0 radical (unpaired) electrons. The van der Waals surface area contributed by atoms with Gasteiger partial charge in [-0.2, -0.15) is 13.2 Å². The Hall–Kier alpha value is -3.09. The van der Waals surface area contributed by atoms with Crippen LogP contribution in [0.15, 0.2) is 60.7 Å². The average Bonchev–Trinajstić information content (AvgIpc) is 3.08. The van der Waals surface area contributed by atoms with Crippen LogP contribution in [0.25, 0.3) is 11.3 Å². The molecule has 0 atom stereocenters. The molecule has 1 aromatic heterocycles. The van der Waals surface area contributed by atoms with Crippen LogP contribution in [0.5, 0.6) is 0 Å². The number of halogens is 3. The lowest BCUT2D eigenvalue weighted by atomic mass is 10.1. The number of nitrogens with zero attached hydrogens (tertiary/aromatic N) is 2. The smallest absolute Gasteiger partial charge is 0.336 e. The third kappa shape index (κ3) is 3.77. The Morgan fingerprint density at radius 2 is 1.62 bits per heavy atom. The Kier molecular flexibility index (Phi) is 4.79. The Balaban J connectivity index is 1.97. The molecule has 0 aliphatic rings. The van der Waals surface area contributed by atoms with Crippen LogP contribution in [0, 0.1) is 0 Å². The maximum atomic E-state index is 13.1. The van der Waals surface area contributed by atoms with E-state index in [0.717, 1.165) is 5.56 Å². The molecule has 0 aliphatic carbocycles. The Labute approximate surface area is 148 Å². The molecule has 0 aliphatic heterocycles. The number of carbonyl (C=O) groups is 1. The lowest BCUT2D eigenvalue weighted by Gasteiger charge is -2.17.